The third-order valence-electron chi connectivity index (χ3n) is 5.06. The Morgan fingerprint density at radius 2 is 1.71 bits per heavy atom. The van der Waals surface area contributed by atoms with Gasteiger partial charge in [0.05, 0.1) is 6.61 Å². The van der Waals surface area contributed by atoms with Crippen LogP contribution in [-0.4, -0.2) is 19.5 Å². The van der Waals surface area contributed by atoms with Crippen LogP contribution in [0.15, 0.2) is 0 Å². The van der Waals surface area contributed by atoms with Crippen molar-refractivity contribution in [3.05, 3.63) is 0 Å². The van der Waals surface area contributed by atoms with E-state index in [9.17, 15) is 0 Å². The Kier molecular flexibility index (Phi) is 4.02. The zero-order chi connectivity index (χ0) is 11.5. The lowest BCUT2D eigenvalue weighted by Gasteiger charge is -2.28. The molecule has 0 amide bonds. The molecule has 2 aliphatic heterocycles. The molecule has 98 valence electrons. The fraction of sp³-hybridized carbons (Fsp3) is 1.00. The van der Waals surface area contributed by atoms with E-state index >= 15 is 0 Å². The Morgan fingerprint density at radius 1 is 0.824 bits per heavy atom. The second kappa shape index (κ2) is 5.71. The standard InChI is InChI=1S/C15H26O2/c1-2-5-12(6-3-1)8-9-13-11-17-15-14(13)7-4-10-16-15/h12-15H,1-11H2/t13-,14-,15+/m0/s1. The Balaban J connectivity index is 1.45. The highest BCUT2D eigenvalue weighted by Gasteiger charge is 2.39. The molecule has 0 radical (unpaired) electrons. The van der Waals surface area contributed by atoms with Crippen LogP contribution >= 0.6 is 0 Å². The van der Waals surface area contributed by atoms with Crippen molar-refractivity contribution in [2.45, 2.75) is 64.1 Å². The van der Waals surface area contributed by atoms with E-state index in [2.05, 4.69) is 0 Å². The molecule has 2 heterocycles. The van der Waals surface area contributed by atoms with E-state index in [1.54, 1.807) is 0 Å². The molecule has 2 saturated heterocycles. The van der Waals surface area contributed by atoms with Crippen LogP contribution in [0.4, 0.5) is 0 Å². The van der Waals surface area contributed by atoms with Crippen molar-refractivity contribution in [2.24, 2.45) is 17.8 Å². The minimum absolute atomic E-state index is 0.153. The van der Waals surface area contributed by atoms with Gasteiger partial charge in [-0.15, -0.1) is 0 Å². The summed E-state index contributed by atoms with van der Waals surface area (Å²) in [6.07, 6.45) is 12.9. The van der Waals surface area contributed by atoms with Gasteiger partial charge in [-0.1, -0.05) is 38.5 Å². The van der Waals surface area contributed by atoms with Gasteiger partial charge in [0.15, 0.2) is 6.29 Å². The Labute approximate surface area is 105 Å². The van der Waals surface area contributed by atoms with Crippen LogP contribution in [0.2, 0.25) is 0 Å². The largest absolute Gasteiger partial charge is 0.352 e. The van der Waals surface area contributed by atoms with Crippen LogP contribution < -0.4 is 0 Å². The first-order valence-electron chi connectivity index (χ1n) is 7.66. The third-order valence-corrected chi connectivity index (χ3v) is 5.06. The second-order valence-corrected chi connectivity index (χ2v) is 6.22. The van der Waals surface area contributed by atoms with Crippen LogP contribution in [0.5, 0.6) is 0 Å². The van der Waals surface area contributed by atoms with Crippen LogP contribution in [-0.2, 0) is 9.47 Å². The van der Waals surface area contributed by atoms with E-state index < -0.39 is 0 Å². The molecular formula is C15H26O2. The lowest BCUT2D eigenvalue weighted by molar-refractivity contribution is -0.151. The van der Waals surface area contributed by atoms with E-state index in [0.717, 1.165) is 25.0 Å². The van der Waals surface area contributed by atoms with E-state index in [0.29, 0.717) is 5.92 Å². The highest BCUT2D eigenvalue weighted by molar-refractivity contribution is 4.82. The third kappa shape index (κ3) is 2.85. The summed E-state index contributed by atoms with van der Waals surface area (Å²) in [5.41, 5.74) is 0. The minimum atomic E-state index is 0.153. The first kappa shape index (κ1) is 12.0. The van der Waals surface area contributed by atoms with E-state index in [1.165, 1.54) is 57.8 Å². The van der Waals surface area contributed by atoms with Gasteiger partial charge in [-0.05, 0) is 31.1 Å². The zero-order valence-electron chi connectivity index (χ0n) is 10.9. The lowest BCUT2D eigenvalue weighted by atomic mass is 9.80. The van der Waals surface area contributed by atoms with Gasteiger partial charge in [0.25, 0.3) is 0 Å². The molecule has 0 N–H and O–H groups in total. The number of ether oxygens (including phenoxy) is 2. The average molecular weight is 238 g/mol. The Bertz CT molecular complexity index is 235. The maximum Gasteiger partial charge on any atom is 0.160 e. The van der Waals surface area contributed by atoms with Crippen LogP contribution in [0.25, 0.3) is 0 Å². The lowest BCUT2D eigenvalue weighted by Crippen LogP contribution is -2.29. The summed E-state index contributed by atoms with van der Waals surface area (Å²) in [6, 6.07) is 0. The number of hydrogen-bond acceptors (Lipinski definition) is 2. The molecule has 1 aliphatic carbocycles. The van der Waals surface area contributed by atoms with Crippen LogP contribution in [0.1, 0.15) is 57.8 Å². The van der Waals surface area contributed by atoms with Crippen LogP contribution in [0, 0.1) is 17.8 Å². The maximum absolute atomic E-state index is 5.79. The zero-order valence-corrected chi connectivity index (χ0v) is 10.9. The van der Waals surface area contributed by atoms with Gasteiger partial charge >= 0.3 is 0 Å². The molecule has 0 aromatic rings. The van der Waals surface area contributed by atoms with Gasteiger partial charge in [0.2, 0.25) is 0 Å². The summed E-state index contributed by atoms with van der Waals surface area (Å²) in [6.45, 7) is 1.87. The molecule has 0 bridgehead atoms. The molecule has 0 aromatic heterocycles. The number of fused-ring (bicyclic) bond motifs is 1. The van der Waals surface area contributed by atoms with Gasteiger partial charge in [-0.3, -0.25) is 0 Å². The molecule has 3 atom stereocenters. The van der Waals surface area contributed by atoms with Crippen molar-refractivity contribution >= 4 is 0 Å². The van der Waals surface area contributed by atoms with Crippen molar-refractivity contribution in [3.8, 4) is 0 Å². The van der Waals surface area contributed by atoms with E-state index in [1.807, 2.05) is 0 Å². The molecule has 0 unspecified atom stereocenters. The van der Waals surface area contributed by atoms with Gasteiger partial charge in [-0.25, -0.2) is 0 Å². The molecule has 3 rings (SSSR count). The van der Waals surface area contributed by atoms with Gasteiger partial charge in [-0.2, -0.15) is 0 Å². The quantitative estimate of drug-likeness (QED) is 0.745. The average Bonchev–Trinajstić information content (AvgIpc) is 2.81. The first-order valence-corrected chi connectivity index (χ1v) is 7.66. The summed E-state index contributed by atoms with van der Waals surface area (Å²) in [4.78, 5) is 0. The summed E-state index contributed by atoms with van der Waals surface area (Å²) in [7, 11) is 0. The smallest absolute Gasteiger partial charge is 0.160 e. The summed E-state index contributed by atoms with van der Waals surface area (Å²) in [5.74, 6) is 2.53. The van der Waals surface area contributed by atoms with Crippen molar-refractivity contribution in [2.75, 3.05) is 13.2 Å². The molecule has 1 saturated carbocycles. The highest BCUT2D eigenvalue weighted by Crippen LogP contribution is 2.39. The molecular weight excluding hydrogens is 212 g/mol. The molecule has 2 heteroatoms. The molecule has 0 spiro atoms. The normalized spacial score (nSPS) is 39.2. The fourth-order valence-electron chi connectivity index (χ4n) is 3.97. The molecule has 17 heavy (non-hydrogen) atoms. The Morgan fingerprint density at radius 3 is 2.59 bits per heavy atom. The first-order chi connectivity index (χ1) is 8.43. The highest BCUT2D eigenvalue weighted by atomic mass is 16.7. The van der Waals surface area contributed by atoms with Gasteiger partial charge in [0.1, 0.15) is 0 Å². The summed E-state index contributed by atoms with van der Waals surface area (Å²) in [5, 5.41) is 0. The van der Waals surface area contributed by atoms with E-state index in [-0.39, 0.29) is 6.29 Å². The molecule has 2 nitrogen and oxygen atoms in total. The number of rotatable bonds is 3. The predicted octanol–water partition coefficient (Wildman–Crippen LogP) is 3.75. The van der Waals surface area contributed by atoms with Crippen molar-refractivity contribution < 1.29 is 9.47 Å². The fourth-order valence-corrected chi connectivity index (χ4v) is 3.97. The summed E-state index contributed by atoms with van der Waals surface area (Å²) >= 11 is 0. The van der Waals surface area contributed by atoms with Gasteiger partial charge in [0, 0.05) is 12.5 Å². The molecule has 0 aromatic carbocycles. The predicted molar refractivity (Wildman–Crippen MR) is 67.7 cm³/mol. The Hall–Kier alpha value is -0.0800. The maximum atomic E-state index is 5.79. The SMILES string of the molecule is C1CCC(CC[C@H]2CO[C@H]3OCCC[C@@H]23)CC1. The summed E-state index contributed by atoms with van der Waals surface area (Å²) < 4.78 is 11.5. The van der Waals surface area contributed by atoms with Crippen molar-refractivity contribution in [1.29, 1.82) is 0 Å². The number of hydrogen-bond donors (Lipinski definition) is 0. The molecule has 3 fully saturated rings. The van der Waals surface area contributed by atoms with Crippen molar-refractivity contribution in [3.63, 3.8) is 0 Å². The van der Waals surface area contributed by atoms with E-state index in [4.69, 9.17) is 9.47 Å². The van der Waals surface area contributed by atoms with Crippen LogP contribution in [0.3, 0.4) is 0 Å². The minimum Gasteiger partial charge on any atom is -0.352 e. The topological polar surface area (TPSA) is 18.5 Å². The monoisotopic (exact) mass is 238 g/mol. The van der Waals surface area contributed by atoms with Gasteiger partial charge < -0.3 is 9.47 Å². The molecule has 3 aliphatic rings. The second-order valence-electron chi connectivity index (χ2n) is 6.22. The van der Waals surface area contributed by atoms with Crippen molar-refractivity contribution in [1.82, 2.24) is 0 Å².